The molecule has 5 heteroatoms. The molecule has 1 N–H and O–H groups in total. The zero-order chi connectivity index (χ0) is 12.3. The average Bonchev–Trinajstić information content (AvgIpc) is 2.85. The zero-order valence-corrected chi connectivity index (χ0v) is 9.70. The van der Waals surface area contributed by atoms with Crippen molar-refractivity contribution in [3.63, 3.8) is 0 Å². The summed E-state index contributed by atoms with van der Waals surface area (Å²) in [5.74, 6) is -0.361. The maximum Gasteiger partial charge on any atom is 0.152 e. The molecule has 0 aliphatic carbocycles. The van der Waals surface area contributed by atoms with Crippen molar-refractivity contribution < 1.29 is 13.9 Å². The van der Waals surface area contributed by atoms with E-state index in [0.29, 0.717) is 29.8 Å². The van der Waals surface area contributed by atoms with Crippen molar-refractivity contribution in [3.05, 3.63) is 29.1 Å². The van der Waals surface area contributed by atoms with Crippen LogP contribution in [-0.2, 0) is 11.3 Å². The number of anilines is 1. The van der Waals surface area contributed by atoms with Gasteiger partial charge >= 0.3 is 0 Å². The van der Waals surface area contributed by atoms with Crippen LogP contribution < -0.4 is 10.2 Å². The molecule has 0 unspecified atom stereocenters. The minimum Gasteiger partial charge on any atom is -0.380 e. The van der Waals surface area contributed by atoms with Gasteiger partial charge in [0.15, 0.2) is 12.1 Å². The van der Waals surface area contributed by atoms with Crippen LogP contribution in [0.25, 0.3) is 0 Å². The van der Waals surface area contributed by atoms with Gasteiger partial charge in [0.05, 0.1) is 19.0 Å². The van der Waals surface area contributed by atoms with E-state index in [1.54, 1.807) is 12.1 Å². The Bertz CT molecular complexity index is 417. The molecule has 1 aliphatic rings. The number of carbonyl (C=O) groups is 1. The Balaban J connectivity index is 2.40. The third-order valence-electron chi connectivity index (χ3n) is 2.88. The molecule has 1 saturated heterocycles. The largest absolute Gasteiger partial charge is 0.380 e. The number of carbonyl (C=O) groups excluding carboxylic acids is 1. The number of hydrogen-bond donors (Lipinski definition) is 1. The van der Waals surface area contributed by atoms with Gasteiger partial charge in [-0.1, -0.05) is 0 Å². The standard InChI is InChI=1S/C12H15FN2O2/c1-17-7-10-9(6-16)2-3-11(12(10)13)15-5-4-14-8-15/h2-3,6,14H,4-5,7-8H2,1H3. The van der Waals surface area contributed by atoms with Gasteiger partial charge in [-0.2, -0.15) is 0 Å². The highest BCUT2D eigenvalue weighted by molar-refractivity contribution is 5.79. The third kappa shape index (κ3) is 2.30. The summed E-state index contributed by atoms with van der Waals surface area (Å²) in [6.45, 7) is 2.34. The summed E-state index contributed by atoms with van der Waals surface area (Å²) in [5, 5.41) is 3.14. The zero-order valence-electron chi connectivity index (χ0n) is 9.70. The fourth-order valence-electron chi connectivity index (χ4n) is 1.98. The van der Waals surface area contributed by atoms with Crippen LogP contribution in [0.2, 0.25) is 0 Å². The van der Waals surface area contributed by atoms with Crippen molar-refractivity contribution in [1.29, 1.82) is 0 Å². The molecule has 2 rings (SSSR count). The molecule has 1 aliphatic heterocycles. The van der Waals surface area contributed by atoms with Crippen molar-refractivity contribution in [3.8, 4) is 0 Å². The minimum atomic E-state index is -0.361. The molecule has 1 heterocycles. The number of rotatable bonds is 4. The van der Waals surface area contributed by atoms with E-state index in [2.05, 4.69) is 5.32 Å². The molecule has 0 spiro atoms. The van der Waals surface area contributed by atoms with Gasteiger partial charge in [-0.25, -0.2) is 4.39 Å². The van der Waals surface area contributed by atoms with Gasteiger partial charge in [-0.3, -0.25) is 10.1 Å². The summed E-state index contributed by atoms with van der Waals surface area (Å²) in [7, 11) is 1.48. The maximum absolute atomic E-state index is 14.3. The highest BCUT2D eigenvalue weighted by atomic mass is 19.1. The Morgan fingerprint density at radius 1 is 1.59 bits per heavy atom. The molecule has 17 heavy (non-hydrogen) atoms. The Morgan fingerprint density at radius 2 is 2.41 bits per heavy atom. The van der Waals surface area contributed by atoms with Gasteiger partial charge < -0.3 is 9.64 Å². The lowest BCUT2D eigenvalue weighted by Crippen LogP contribution is -2.23. The fourth-order valence-corrected chi connectivity index (χ4v) is 1.98. The number of nitrogens with zero attached hydrogens (tertiary/aromatic N) is 1. The van der Waals surface area contributed by atoms with Crippen LogP contribution in [0.5, 0.6) is 0 Å². The molecule has 0 atom stereocenters. The first-order valence-corrected chi connectivity index (χ1v) is 5.49. The lowest BCUT2D eigenvalue weighted by atomic mass is 10.1. The van der Waals surface area contributed by atoms with Gasteiger partial charge in [-0.05, 0) is 12.1 Å². The Labute approximate surface area is 99.4 Å². The molecule has 4 nitrogen and oxygen atoms in total. The quantitative estimate of drug-likeness (QED) is 0.799. The topological polar surface area (TPSA) is 41.6 Å². The molecule has 1 fully saturated rings. The van der Waals surface area contributed by atoms with E-state index in [1.807, 2.05) is 4.90 Å². The van der Waals surface area contributed by atoms with Gasteiger partial charge in [-0.15, -0.1) is 0 Å². The van der Waals surface area contributed by atoms with Gasteiger partial charge in [0, 0.05) is 31.3 Å². The highest BCUT2D eigenvalue weighted by Gasteiger charge is 2.19. The van der Waals surface area contributed by atoms with Crippen molar-refractivity contribution in [1.82, 2.24) is 5.32 Å². The van der Waals surface area contributed by atoms with Gasteiger partial charge in [0.2, 0.25) is 0 Å². The average molecular weight is 238 g/mol. The molecule has 0 amide bonds. The van der Waals surface area contributed by atoms with E-state index in [9.17, 15) is 9.18 Å². The predicted molar refractivity (Wildman–Crippen MR) is 62.7 cm³/mol. The number of benzene rings is 1. The van der Waals surface area contributed by atoms with Crippen LogP contribution in [0.4, 0.5) is 10.1 Å². The summed E-state index contributed by atoms with van der Waals surface area (Å²) in [4.78, 5) is 12.7. The van der Waals surface area contributed by atoms with Crippen molar-refractivity contribution in [2.24, 2.45) is 0 Å². The summed E-state index contributed by atoms with van der Waals surface area (Å²) in [6.07, 6.45) is 0.656. The molecule has 0 aromatic heterocycles. The van der Waals surface area contributed by atoms with Gasteiger partial charge in [0.1, 0.15) is 0 Å². The maximum atomic E-state index is 14.3. The van der Waals surface area contributed by atoms with Crippen molar-refractivity contribution in [2.75, 3.05) is 31.8 Å². The van der Waals surface area contributed by atoms with E-state index in [-0.39, 0.29) is 12.4 Å². The van der Waals surface area contributed by atoms with E-state index < -0.39 is 0 Å². The Kier molecular flexibility index (Phi) is 3.71. The summed E-state index contributed by atoms with van der Waals surface area (Å²) in [6, 6.07) is 3.28. The lowest BCUT2D eigenvalue weighted by molar-refractivity contribution is 0.111. The highest BCUT2D eigenvalue weighted by Crippen LogP contribution is 2.25. The molecule has 0 radical (unpaired) electrons. The first-order chi connectivity index (χ1) is 8.27. The predicted octanol–water partition coefficient (Wildman–Crippen LogP) is 1.15. The minimum absolute atomic E-state index is 0.106. The molecule has 1 aromatic rings. The van der Waals surface area contributed by atoms with Crippen LogP contribution in [0.1, 0.15) is 15.9 Å². The fraction of sp³-hybridized carbons (Fsp3) is 0.417. The summed E-state index contributed by atoms with van der Waals surface area (Å²) in [5.41, 5.74) is 1.19. The monoisotopic (exact) mass is 238 g/mol. The number of hydrogen-bond acceptors (Lipinski definition) is 4. The first kappa shape index (κ1) is 12.0. The van der Waals surface area contributed by atoms with Crippen LogP contribution >= 0.6 is 0 Å². The first-order valence-electron chi connectivity index (χ1n) is 5.49. The summed E-state index contributed by atoms with van der Waals surface area (Å²) >= 11 is 0. The van der Waals surface area contributed by atoms with Crippen molar-refractivity contribution in [2.45, 2.75) is 6.61 Å². The van der Waals surface area contributed by atoms with Crippen molar-refractivity contribution >= 4 is 12.0 Å². The number of methoxy groups -OCH3 is 1. The molecule has 0 saturated carbocycles. The lowest BCUT2D eigenvalue weighted by Gasteiger charge is -2.19. The number of nitrogens with one attached hydrogen (secondary N) is 1. The van der Waals surface area contributed by atoms with Crippen LogP contribution in [0, 0.1) is 5.82 Å². The van der Waals surface area contributed by atoms with Gasteiger partial charge in [0.25, 0.3) is 0 Å². The Hall–Kier alpha value is -1.46. The molecule has 0 bridgehead atoms. The van der Waals surface area contributed by atoms with E-state index in [4.69, 9.17) is 4.74 Å². The molecule has 1 aromatic carbocycles. The van der Waals surface area contributed by atoms with Crippen LogP contribution in [0.15, 0.2) is 12.1 Å². The van der Waals surface area contributed by atoms with Crippen LogP contribution in [-0.4, -0.2) is 33.2 Å². The normalized spacial score (nSPS) is 15.3. The van der Waals surface area contributed by atoms with E-state index >= 15 is 0 Å². The second-order valence-corrected chi connectivity index (χ2v) is 3.94. The van der Waals surface area contributed by atoms with E-state index in [1.165, 1.54) is 7.11 Å². The number of ether oxygens (including phenoxy) is 1. The molecular weight excluding hydrogens is 223 g/mol. The van der Waals surface area contributed by atoms with E-state index in [0.717, 1.165) is 13.1 Å². The summed E-state index contributed by atoms with van der Waals surface area (Å²) < 4.78 is 19.2. The number of aldehydes is 1. The second kappa shape index (κ2) is 5.25. The van der Waals surface area contributed by atoms with Crippen LogP contribution in [0.3, 0.4) is 0 Å². The second-order valence-electron chi connectivity index (χ2n) is 3.94. The molecule has 92 valence electrons. The number of halogens is 1. The Morgan fingerprint density at radius 3 is 3.00 bits per heavy atom. The third-order valence-corrected chi connectivity index (χ3v) is 2.88. The smallest absolute Gasteiger partial charge is 0.152 e. The SMILES string of the molecule is COCc1c(C=O)ccc(N2CCNC2)c1F. The molecular formula is C12H15FN2O2.